The lowest BCUT2D eigenvalue weighted by atomic mass is 9.98. The number of halogens is 1. The van der Waals surface area contributed by atoms with Crippen LogP contribution >= 0.6 is 0 Å². The Morgan fingerprint density at radius 2 is 0.756 bits per heavy atom. The molecule has 0 radical (unpaired) electrons. The fraction of sp³-hybridized carbons (Fsp3) is 0. The van der Waals surface area contributed by atoms with Gasteiger partial charge in [-0.1, -0.05) is 121 Å². The number of rotatable bonds is 6. The second-order valence-electron chi connectivity index (χ2n) is 10.4. The largest absolute Gasteiger partial charge is 0.228 e. The van der Waals surface area contributed by atoms with Gasteiger partial charge >= 0.3 is 0 Å². The molecule has 45 heavy (non-hydrogen) atoms. The van der Waals surface area contributed by atoms with E-state index in [0.717, 1.165) is 22.3 Å². The average Bonchev–Trinajstić information content (AvgIpc) is 3.13. The first-order valence-electron chi connectivity index (χ1n) is 14.4. The van der Waals surface area contributed by atoms with Crippen molar-refractivity contribution < 1.29 is 4.39 Å². The van der Waals surface area contributed by atoms with Crippen molar-refractivity contribution in [1.82, 2.24) is 19.9 Å². The van der Waals surface area contributed by atoms with Crippen LogP contribution < -0.4 is 0 Å². The smallest absolute Gasteiger partial charge is 0.160 e. The Bertz CT molecular complexity index is 1900. The predicted octanol–water partition coefficient (Wildman–Crippen LogP) is 9.28. The maximum absolute atomic E-state index is 16.9. The molecular formula is C39H24FN5. The van der Waals surface area contributed by atoms with Crippen molar-refractivity contribution in [3.05, 3.63) is 157 Å². The van der Waals surface area contributed by atoms with E-state index in [1.807, 2.05) is 121 Å². The van der Waals surface area contributed by atoms with Gasteiger partial charge in [-0.3, -0.25) is 0 Å². The molecule has 0 atom stereocenters. The zero-order valence-corrected chi connectivity index (χ0v) is 24.0. The van der Waals surface area contributed by atoms with Crippen LogP contribution in [0.25, 0.3) is 67.8 Å². The highest BCUT2D eigenvalue weighted by atomic mass is 19.1. The van der Waals surface area contributed by atoms with E-state index in [1.165, 1.54) is 12.1 Å². The Balaban J connectivity index is 1.46. The van der Waals surface area contributed by atoms with Crippen LogP contribution in [0.2, 0.25) is 0 Å². The van der Waals surface area contributed by atoms with E-state index in [0.29, 0.717) is 34.4 Å². The number of aromatic nitrogens is 4. The second kappa shape index (κ2) is 12.1. The summed E-state index contributed by atoms with van der Waals surface area (Å²) < 4.78 is 16.9. The zero-order valence-electron chi connectivity index (χ0n) is 24.0. The molecule has 2 heterocycles. The van der Waals surface area contributed by atoms with Crippen LogP contribution in [0.1, 0.15) is 5.56 Å². The molecule has 212 valence electrons. The molecule has 0 saturated carbocycles. The van der Waals surface area contributed by atoms with Crippen molar-refractivity contribution in [1.29, 1.82) is 5.26 Å². The third kappa shape index (κ3) is 5.71. The maximum atomic E-state index is 16.9. The van der Waals surface area contributed by atoms with Crippen LogP contribution in [-0.2, 0) is 0 Å². The molecule has 0 unspecified atom stereocenters. The summed E-state index contributed by atoms with van der Waals surface area (Å²) in [5, 5.41) is 10.1. The summed E-state index contributed by atoms with van der Waals surface area (Å²) in [7, 11) is 0. The Kier molecular flexibility index (Phi) is 7.41. The van der Waals surface area contributed by atoms with Gasteiger partial charge in [0.15, 0.2) is 11.6 Å². The van der Waals surface area contributed by atoms with E-state index < -0.39 is 5.82 Å². The Morgan fingerprint density at radius 3 is 1.11 bits per heavy atom. The lowest BCUT2D eigenvalue weighted by Crippen LogP contribution is -2.01. The molecule has 0 aliphatic carbocycles. The minimum absolute atomic E-state index is 0.182. The number of nitrogens with zero attached hydrogens (tertiary/aromatic N) is 5. The summed E-state index contributed by atoms with van der Waals surface area (Å²) in [4.78, 5) is 19.3. The van der Waals surface area contributed by atoms with Crippen LogP contribution in [0.3, 0.4) is 0 Å². The van der Waals surface area contributed by atoms with E-state index in [4.69, 9.17) is 19.9 Å². The molecular weight excluding hydrogens is 557 g/mol. The number of hydrogen-bond acceptors (Lipinski definition) is 5. The molecule has 0 saturated heterocycles. The van der Waals surface area contributed by atoms with Crippen molar-refractivity contribution in [2.75, 3.05) is 0 Å². The fourth-order valence-corrected chi connectivity index (χ4v) is 5.18. The molecule has 7 aromatic rings. The lowest BCUT2D eigenvalue weighted by molar-refractivity contribution is 0.633. The minimum atomic E-state index is -0.539. The molecule has 5 aromatic carbocycles. The van der Waals surface area contributed by atoms with Crippen molar-refractivity contribution in [3.8, 4) is 73.9 Å². The number of benzene rings is 5. The molecule has 0 aliphatic heterocycles. The van der Waals surface area contributed by atoms with Crippen LogP contribution in [0, 0.1) is 17.1 Å². The van der Waals surface area contributed by atoms with Gasteiger partial charge in [-0.15, -0.1) is 0 Å². The van der Waals surface area contributed by atoms with Crippen LogP contribution in [0.5, 0.6) is 0 Å². The van der Waals surface area contributed by atoms with E-state index >= 15 is 4.39 Å². The van der Waals surface area contributed by atoms with E-state index in [9.17, 15) is 5.26 Å². The lowest BCUT2D eigenvalue weighted by Gasteiger charge is -2.14. The van der Waals surface area contributed by atoms with Gasteiger partial charge in [-0.05, 0) is 24.3 Å². The third-order valence-corrected chi connectivity index (χ3v) is 7.41. The first-order chi connectivity index (χ1) is 22.2. The first-order valence-corrected chi connectivity index (χ1v) is 14.4. The van der Waals surface area contributed by atoms with Gasteiger partial charge in [0.05, 0.1) is 34.4 Å². The highest BCUT2D eigenvalue weighted by Gasteiger charge is 2.20. The summed E-state index contributed by atoms with van der Waals surface area (Å²) in [5.41, 5.74) is 5.97. The molecule has 0 N–H and O–H groups in total. The van der Waals surface area contributed by atoms with E-state index in [-0.39, 0.29) is 16.7 Å². The number of nitriles is 1. The van der Waals surface area contributed by atoms with E-state index in [2.05, 4.69) is 6.07 Å². The van der Waals surface area contributed by atoms with Crippen LogP contribution in [-0.4, -0.2) is 19.9 Å². The summed E-state index contributed by atoms with van der Waals surface area (Å²) in [6.07, 6.45) is 0. The molecule has 0 fully saturated rings. The standard InChI is InChI=1S/C39H24FN5/c40-37-31(35-23-33(27-13-5-1-6-14-27)42-38(44-35)29-17-9-3-10-18-29)21-26(25-41)22-32(37)36-24-34(28-15-7-2-8-16-28)43-39(45-36)30-19-11-4-12-20-30/h1-24H. The fourth-order valence-electron chi connectivity index (χ4n) is 5.18. The minimum Gasteiger partial charge on any atom is -0.228 e. The Morgan fingerprint density at radius 1 is 0.422 bits per heavy atom. The summed E-state index contributed by atoms with van der Waals surface area (Å²) in [5.74, 6) is 0.368. The van der Waals surface area contributed by atoms with Gasteiger partial charge in [0.25, 0.3) is 0 Å². The Labute approximate surface area is 260 Å². The van der Waals surface area contributed by atoms with Gasteiger partial charge in [0, 0.05) is 33.4 Å². The van der Waals surface area contributed by atoms with Gasteiger partial charge < -0.3 is 0 Å². The molecule has 0 aliphatic rings. The highest BCUT2D eigenvalue weighted by molar-refractivity contribution is 5.79. The predicted molar refractivity (Wildman–Crippen MR) is 175 cm³/mol. The zero-order chi connectivity index (χ0) is 30.6. The SMILES string of the molecule is N#Cc1cc(-c2cc(-c3ccccc3)nc(-c3ccccc3)n2)c(F)c(-c2cc(-c3ccccc3)nc(-c3ccccc3)n2)c1. The topological polar surface area (TPSA) is 75.3 Å². The van der Waals surface area contributed by atoms with Gasteiger partial charge in [-0.2, -0.15) is 5.26 Å². The first kappa shape index (κ1) is 27.5. The molecule has 5 nitrogen and oxygen atoms in total. The van der Waals surface area contributed by atoms with Gasteiger partial charge in [-0.25, -0.2) is 24.3 Å². The number of hydrogen-bond donors (Lipinski definition) is 0. The summed E-state index contributed by atoms with van der Waals surface area (Å²) in [6.45, 7) is 0. The molecule has 0 bridgehead atoms. The van der Waals surface area contributed by atoms with Gasteiger partial charge in [0.2, 0.25) is 0 Å². The van der Waals surface area contributed by atoms with Crippen molar-refractivity contribution in [2.24, 2.45) is 0 Å². The maximum Gasteiger partial charge on any atom is 0.160 e. The normalized spacial score (nSPS) is 10.8. The summed E-state index contributed by atoms with van der Waals surface area (Å²) >= 11 is 0. The van der Waals surface area contributed by atoms with Crippen molar-refractivity contribution >= 4 is 0 Å². The molecule has 0 amide bonds. The van der Waals surface area contributed by atoms with Crippen LogP contribution in [0.4, 0.5) is 4.39 Å². The van der Waals surface area contributed by atoms with E-state index in [1.54, 1.807) is 12.1 Å². The van der Waals surface area contributed by atoms with Crippen LogP contribution in [0.15, 0.2) is 146 Å². The quantitative estimate of drug-likeness (QED) is 0.196. The third-order valence-electron chi connectivity index (χ3n) is 7.41. The molecule has 6 heteroatoms. The molecule has 0 spiro atoms. The van der Waals surface area contributed by atoms with Gasteiger partial charge in [0.1, 0.15) is 5.82 Å². The summed E-state index contributed by atoms with van der Waals surface area (Å²) in [6, 6.07) is 47.3. The van der Waals surface area contributed by atoms with Crippen molar-refractivity contribution in [2.45, 2.75) is 0 Å². The molecule has 2 aromatic heterocycles. The molecule has 7 rings (SSSR count). The monoisotopic (exact) mass is 581 g/mol. The Hall–Kier alpha value is -6.32. The average molecular weight is 582 g/mol. The van der Waals surface area contributed by atoms with Crippen molar-refractivity contribution in [3.63, 3.8) is 0 Å². The highest BCUT2D eigenvalue weighted by Crippen LogP contribution is 2.35. The second-order valence-corrected chi connectivity index (χ2v) is 10.4.